The molecule has 0 bridgehead atoms. The van der Waals surface area contributed by atoms with Crippen molar-refractivity contribution in [3.63, 3.8) is 0 Å². The monoisotopic (exact) mass is 589 g/mol. The fourth-order valence-electron chi connectivity index (χ4n) is 4.19. The quantitative estimate of drug-likeness (QED) is 0.122. The van der Waals surface area contributed by atoms with Crippen LogP contribution in [0.2, 0.25) is 5.28 Å². The highest BCUT2D eigenvalue weighted by molar-refractivity contribution is 6.28. The van der Waals surface area contributed by atoms with Crippen LogP contribution >= 0.6 is 11.6 Å². The third-order valence-electron chi connectivity index (χ3n) is 6.14. The van der Waals surface area contributed by atoms with Crippen LogP contribution in [0, 0.1) is 12.3 Å². The van der Waals surface area contributed by atoms with Gasteiger partial charge in [0.1, 0.15) is 24.8 Å². The van der Waals surface area contributed by atoms with Gasteiger partial charge in [-0.25, -0.2) is 4.68 Å². The average Bonchev–Trinajstić information content (AvgIpc) is 3.63. The van der Waals surface area contributed by atoms with Gasteiger partial charge in [0.15, 0.2) is 11.9 Å². The Labute approximate surface area is 244 Å². The number of aliphatic hydroxyl groups excluding tert-OH is 1. The molecule has 1 aliphatic rings. The second kappa shape index (κ2) is 17.1. The van der Waals surface area contributed by atoms with Crippen molar-refractivity contribution in [1.29, 1.82) is 0 Å². The Hall–Kier alpha value is -3.02. The first-order valence-corrected chi connectivity index (χ1v) is 13.9. The zero-order valence-electron chi connectivity index (χ0n) is 22.9. The van der Waals surface area contributed by atoms with Crippen LogP contribution in [0.5, 0.6) is 5.75 Å². The number of benzene rings is 1. The number of ether oxygens (including phenoxy) is 6. The molecule has 1 saturated heterocycles. The van der Waals surface area contributed by atoms with Gasteiger partial charge in [0, 0.05) is 6.54 Å². The summed E-state index contributed by atoms with van der Waals surface area (Å²) in [7, 11) is 0. The second-order valence-corrected chi connectivity index (χ2v) is 9.42. The van der Waals surface area contributed by atoms with Gasteiger partial charge in [-0.15, -0.1) is 6.42 Å². The molecule has 12 nitrogen and oxygen atoms in total. The number of aromatic nitrogens is 4. The van der Waals surface area contributed by atoms with Gasteiger partial charge in [0.2, 0.25) is 5.28 Å². The Bertz CT molecular complexity index is 1250. The normalized spacial score (nSPS) is 16.7. The third-order valence-corrected chi connectivity index (χ3v) is 6.31. The highest BCUT2D eigenvalue weighted by Gasteiger charge is 2.28. The van der Waals surface area contributed by atoms with E-state index in [0.717, 1.165) is 29.5 Å². The van der Waals surface area contributed by atoms with Crippen LogP contribution in [0.1, 0.15) is 24.6 Å². The Kier molecular flexibility index (Phi) is 12.9. The number of nitrogens with zero attached hydrogens (tertiary/aromatic N) is 4. The van der Waals surface area contributed by atoms with Gasteiger partial charge < -0.3 is 38.8 Å². The standard InChI is InChI=1S/C28H36ClN5O7/c1-2-8-36-9-10-37-11-12-38-13-14-39-15-16-40-22-5-3-4-21(17-22)18-30-26-24-19-31-34(27(24)33-28(29)32-26)25-7-6-23(20-35)41-25/h1,3-5,17,19,23,25,35H,6-16,18,20H2,(H,30,32,33). The molecule has 0 radical (unpaired) electrons. The van der Waals surface area contributed by atoms with Crippen molar-refractivity contribution in [2.75, 3.05) is 71.4 Å². The SMILES string of the molecule is C#CCOCCOCCOCCOCCOc1cccc(CNc2nc(Cl)nc3c2cnn3C2CCC(CO)O2)c1. The lowest BCUT2D eigenvalue weighted by atomic mass is 10.2. The largest absolute Gasteiger partial charge is 0.491 e. The van der Waals surface area contributed by atoms with Crippen LogP contribution in [0.25, 0.3) is 11.0 Å². The summed E-state index contributed by atoms with van der Waals surface area (Å²) in [5.41, 5.74) is 1.58. The van der Waals surface area contributed by atoms with Crippen molar-refractivity contribution < 1.29 is 33.5 Å². The topological polar surface area (TPSA) is 131 Å². The molecule has 41 heavy (non-hydrogen) atoms. The lowest BCUT2D eigenvalue weighted by Gasteiger charge is -2.14. The molecular weight excluding hydrogens is 554 g/mol. The molecule has 4 rings (SSSR count). The molecule has 0 saturated carbocycles. The molecule has 1 fully saturated rings. The number of hydrogen-bond donors (Lipinski definition) is 2. The number of hydrogen-bond acceptors (Lipinski definition) is 11. The van der Waals surface area contributed by atoms with Crippen LogP contribution in [0.15, 0.2) is 30.5 Å². The predicted molar refractivity (Wildman–Crippen MR) is 152 cm³/mol. The number of rotatable bonds is 19. The highest BCUT2D eigenvalue weighted by Crippen LogP contribution is 2.32. The first-order valence-electron chi connectivity index (χ1n) is 13.5. The van der Waals surface area contributed by atoms with E-state index in [9.17, 15) is 5.11 Å². The fourth-order valence-corrected chi connectivity index (χ4v) is 4.35. The van der Waals surface area contributed by atoms with E-state index in [1.165, 1.54) is 0 Å². The molecule has 2 aromatic heterocycles. The maximum absolute atomic E-state index is 9.38. The van der Waals surface area contributed by atoms with Crippen LogP contribution in [0.3, 0.4) is 0 Å². The van der Waals surface area contributed by atoms with Crippen molar-refractivity contribution >= 4 is 28.5 Å². The van der Waals surface area contributed by atoms with E-state index < -0.39 is 0 Å². The Morgan fingerprint density at radius 2 is 1.76 bits per heavy atom. The molecule has 3 heterocycles. The molecule has 0 aliphatic carbocycles. The van der Waals surface area contributed by atoms with Crippen molar-refractivity contribution in [1.82, 2.24) is 19.7 Å². The van der Waals surface area contributed by atoms with Gasteiger partial charge >= 0.3 is 0 Å². The van der Waals surface area contributed by atoms with E-state index in [-0.39, 0.29) is 24.2 Å². The van der Waals surface area contributed by atoms with E-state index in [1.807, 2.05) is 24.3 Å². The Morgan fingerprint density at radius 1 is 1.02 bits per heavy atom. The second-order valence-electron chi connectivity index (χ2n) is 9.08. The summed E-state index contributed by atoms with van der Waals surface area (Å²) >= 11 is 6.23. The van der Waals surface area contributed by atoms with Crippen LogP contribution in [0.4, 0.5) is 5.82 Å². The summed E-state index contributed by atoms with van der Waals surface area (Å²) in [6.07, 6.45) is 7.79. The highest BCUT2D eigenvalue weighted by atomic mass is 35.5. The zero-order valence-corrected chi connectivity index (χ0v) is 23.6. The number of terminal acetylenes is 1. The van der Waals surface area contributed by atoms with Gasteiger partial charge in [0.05, 0.1) is 70.5 Å². The lowest BCUT2D eigenvalue weighted by Crippen LogP contribution is -2.15. The molecule has 1 aliphatic heterocycles. The van der Waals surface area contributed by atoms with Crippen LogP contribution in [-0.2, 0) is 30.2 Å². The average molecular weight is 590 g/mol. The number of halogens is 1. The predicted octanol–water partition coefficient (Wildman–Crippen LogP) is 2.84. The van der Waals surface area contributed by atoms with E-state index in [1.54, 1.807) is 10.9 Å². The minimum atomic E-state index is -0.302. The minimum absolute atomic E-state index is 0.0219. The van der Waals surface area contributed by atoms with E-state index in [4.69, 9.17) is 46.4 Å². The molecule has 2 unspecified atom stereocenters. The molecule has 1 aromatic carbocycles. The number of fused-ring (bicyclic) bond motifs is 1. The summed E-state index contributed by atoms with van der Waals surface area (Å²) in [6.45, 7) is 4.53. The number of anilines is 1. The fraction of sp³-hybridized carbons (Fsp3) is 0.536. The first kappa shape index (κ1) is 30.9. The molecule has 2 N–H and O–H groups in total. The minimum Gasteiger partial charge on any atom is -0.491 e. The smallest absolute Gasteiger partial charge is 0.226 e. The van der Waals surface area contributed by atoms with Gasteiger partial charge in [-0.3, -0.25) is 0 Å². The van der Waals surface area contributed by atoms with Gasteiger partial charge in [-0.1, -0.05) is 18.1 Å². The van der Waals surface area contributed by atoms with Crippen molar-refractivity contribution in [2.45, 2.75) is 31.7 Å². The summed E-state index contributed by atoms with van der Waals surface area (Å²) in [5.74, 6) is 3.71. The number of aliphatic hydroxyl groups is 1. The number of nitrogens with one attached hydrogen (secondary N) is 1. The summed E-state index contributed by atoms with van der Waals surface area (Å²) in [5, 5.41) is 18.0. The molecule has 222 valence electrons. The molecule has 0 spiro atoms. The molecule has 2 atom stereocenters. The maximum Gasteiger partial charge on any atom is 0.226 e. The van der Waals surface area contributed by atoms with Crippen molar-refractivity contribution in [2.24, 2.45) is 0 Å². The van der Waals surface area contributed by atoms with E-state index in [2.05, 4.69) is 26.3 Å². The summed E-state index contributed by atoms with van der Waals surface area (Å²) in [6, 6.07) is 7.78. The van der Waals surface area contributed by atoms with E-state index in [0.29, 0.717) is 77.5 Å². The lowest BCUT2D eigenvalue weighted by molar-refractivity contribution is -0.0262. The molecular formula is C28H36ClN5O7. The Morgan fingerprint density at radius 3 is 2.46 bits per heavy atom. The maximum atomic E-state index is 9.38. The van der Waals surface area contributed by atoms with Gasteiger partial charge in [-0.05, 0) is 42.1 Å². The summed E-state index contributed by atoms with van der Waals surface area (Å²) in [4.78, 5) is 8.73. The zero-order chi connectivity index (χ0) is 28.7. The molecule has 0 amide bonds. The van der Waals surface area contributed by atoms with E-state index >= 15 is 0 Å². The van der Waals surface area contributed by atoms with Crippen LogP contribution in [-0.4, -0.2) is 97.0 Å². The molecule has 13 heteroatoms. The van der Waals surface area contributed by atoms with Crippen molar-refractivity contribution in [3.05, 3.63) is 41.3 Å². The van der Waals surface area contributed by atoms with Crippen LogP contribution < -0.4 is 10.1 Å². The van der Waals surface area contributed by atoms with Gasteiger partial charge in [0.25, 0.3) is 0 Å². The Balaban J connectivity index is 1.15. The third kappa shape index (κ3) is 9.79. The van der Waals surface area contributed by atoms with Gasteiger partial charge in [-0.2, -0.15) is 15.1 Å². The summed E-state index contributed by atoms with van der Waals surface area (Å²) < 4.78 is 34.9. The first-order chi connectivity index (χ1) is 20.2. The van der Waals surface area contributed by atoms with Crippen molar-refractivity contribution in [3.8, 4) is 18.1 Å². The molecule has 3 aromatic rings.